The fraction of sp³-hybridized carbons (Fsp3) is 0.692. The van der Waals surface area contributed by atoms with Crippen LogP contribution in [0.5, 0.6) is 0 Å². The summed E-state index contributed by atoms with van der Waals surface area (Å²) in [6.45, 7) is 7.73. The Morgan fingerprint density at radius 2 is 1.80 bits per heavy atom. The van der Waals surface area contributed by atoms with Gasteiger partial charge in [0.1, 0.15) is 6.10 Å². The molecule has 0 aliphatic carbocycles. The van der Waals surface area contributed by atoms with Gasteiger partial charge in [-0.1, -0.05) is 6.08 Å². The Balaban J connectivity index is 2.86. The molecule has 114 valence electrons. The zero-order valence-electron chi connectivity index (χ0n) is 11.8. The molecule has 0 saturated carbocycles. The van der Waals surface area contributed by atoms with Gasteiger partial charge in [-0.15, -0.1) is 6.58 Å². The molecule has 0 aromatic carbocycles. The monoisotopic (exact) mass is 288 g/mol. The summed E-state index contributed by atoms with van der Waals surface area (Å²) in [5, 5.41) is 10.2. The van der Waals surface area contributed by atoms with Gasteiger partial charge in [-0.2, -0.15) is 0 Å². The second kappa shape index (κ2) is 7.37. The predicted octanol–water partition coefficient (Wildman–Crippen LogP) is 0.158. The van der Waals surface area contributed by atoms with E-state index in [9.17, 15) is 14.7 Å². The van der Waals surface area contributed by atoms with Crippen molar-refractivity contribution in [1.29, 1.82) is 0 Å². The number of aliphatic hydroxyl groups is 1. The van der Waals surface area contributed by atoms with E-state index in [1.54, 1.807) is 6.92 Å². The summed E-state index contributed by atoms with van der Waals surface area (Å²) in [6, 6.07) is 0. The number of rotatable bonds is 5. The van der Waals surface area contributed by atoms with Crippen molar-refractivity contribution in [2.45, 2.75) is 51.5 Å². The van der Waals surface area contributed by atoms with Gasteiger partial charge in [0.15, 0.2) is 18.5 Å². The second-order valence-electron chi connectivity index (χ2n) is 4.47. The third-order valence-corrected chi connectivity index (χ3v) is 2.74. The highest BCUT2D eigenvalue weighted by molar-refractivity contribution is 5.67. The van der Waals surface area contributed by atoms with Crippen LogP contribution in [0.4, 0.5) is 0 Å². The maximum Gasteiger partial charge on any atom is 0.303 e. The molecule has 0 aromatic rings. The van der Waals surface area contributed by atoms with Gasteiger partial charge in [0.25, 0.3) is 0 Å². The van der Waals surface area contributed by atoms with Gasteiger partial charge in [0.05, 0.1) is 12.7 Å². The highest BCUT2D eigenvalue weighted by Gasteiger charge is 2.47. The molecule has 1 aliphatic heterocycles. The van der Waals surface area contributed by atoms with Gasteiger partial charge in [0.2, 0.25) is 0 Å². The van der Waals surface area contributed by atoms with Crippen LogP contribution < -0.4 is 0 Å². The molecule has 1 saturated heterocycles. The van der Waals surface area contributed by atoms with E-state index in [1.165, 1.54) is 19.9 Å². The molecule has 0 spiro atoms. The van der Waals surface area contributed by atoms with Gasteiger partial charge in [-0.05, 0) is 6.92 Å². The van der Waals surface area contributed by atoms with Crippen LogP contribution in [0.3, 0.4) is 0 Å². The summed E-state index contributed by atoms with van der Waals surface area (Å²) < 4.78 is 20.8. The van der Waals surface area contributed by atoms with Crippen LogP contribution in [0.2, 0.25) is 0 Å². The number of hydrogen-bond donors (Lipinski definition) is 1. The second-order valence-corrected chi connectivity index (χ2v) is 4.47. The summed E-state index contributed by atoms with van der Waals surface area (Å²) in [6.07, 6.45) is -3.29. The first-order valence-electron chi connectivity index (χ1n) is 6.27. The van der Waals surface area contributed by atoms with E-state index >= 15 is 0 Å². The van der Waals surface area contributed by atoms with Crippen molar-refractivity contribution in [1.82, 2.24) is 0 Å². The predicted molar refractivity (Wildman–Crippen MR) is 67.6 cm³/mol. The summed E-state index contributed by atoms with van der Waals surface area (Å²) in [7, 11) is 0. The van der Waals surface area contributed by atoms with Crippen LogP contribution in [0.1, 0.15) is 20.8 Å². The molecule has 5 atom stereocenters. The lowest BCUT2D eigenvalue weighted by Crippen LogP contribution is -2.59. The van der Waals surface area contributed by atoms with Gasteiger partial charge < -0.3 is 24.1 Å². The van der Waals surface area contributed by atoms with Crippen molar-refractivity contribution >= 4 is 11.9 Å². The number of ether oxygens (including phenoxy) is 4. The minimum atomic E-state index is -1.23. The van der Waals surface area contributed by atoms with E-state index in [0.29, 0.717) is 0 Å². The molecular formula is C13H20O7. The lowest BCUT2D eigenvalue weighted by Gasteiger charge is -2.41. The van der Waals surface area contributed by atoms with Crippen molar-refractivity contribution in [2.75, 3.05) is 6.61 Å². The van der Waals surface area contributed by atoms with E-state index in [0.717, 1.165) is 0 Å². The van der Waals surface area contributed by atoms with Crippen molar-refractivity contribution in [3.63, 3.8) is 0 Å². The average molecular weight is 288 g/mol. The lowest BCUT2D eigenvalue weighted by atomic mass is 9.99. The molecular weight excluding hydrogens is 268 g/mol. The summed E-state index contributed by atoms with van der Waals surface area (Å²) in [4.78, 5) is 22.2. The fourth-order valence-electron chi connectivity index (χ4n) is 1.96. The number of aliphatic hydroxyl groups excluding tert-OH is 1. The smallest absolute Gasteiger partial charge is 0.303 e. The maximum absolute atomic E-state index is 11.1. The number of esters is 2. The Labute approximate surface area is 117 Å². The first-order chi connectivity index (χ1) is 9.36. The molecule has 7 heteroatoms. The molecule has 1 heterocycles. The van der Waals surface area contributed by atoms with Crippen molar-refractivity contribution in [2.24, 2.45) is 0 Å². The van der Waals surface area contributed by atoms with Crippen LogP contribution in [0.15, 0.2) is 12.7 Å². The van der Waals surface area contributed by atoms with Crippen molar-refractivity contribution in [3.05, 3.63) is 12.7 Å². The standard InChI is InChI=1S/C13H20O7/c1-5-6-17-13-12(20-9(4)15)10(16)11(7(2)18-13)19-8(3)14/h5,7,10-13,16H,1,6H2,2-4H3/t7-,10+,11-,12+,13+/m0/s1. The van der Waals surface area contributed by atoms with E-state index < -0.39 is 42.6 Å². The first-order valence-corrected chi connectivity index (χ1v) is 6.27. The largest absolute Gasteiger partial charge is 0.457 e. The number of carbonyl (C=O) groups is 2. The fourth-order valence-corrected chi connectivity index (χ4v) is 1.96. The average Bonchev–Trinajstić information content (AvgIpc) is 2.35. The van der Waals surface area contributed by atoms with Crippen LogP contribution in [0, 0.1) is 0 Å². The molecule has 0 amide bonds. The Bertz CT molecular complexity index is 368. The Hall–Kier alpha value is -1.44. The molecule has 0 bridgehead atoms. The van der Waals surface area contributed by atoms with Crippen molar-refractivity contribution in [3.8, 4) is 0 Å². The van der Waals surface area contributed by atoms with Crippen LogP contribution in [0.25, 0.3) is 0 Å². The lowest BCUT2D eigenvalue weighted by molar-refractivity contribution is -0.296. The van der Waals surface area contributed by atoms with E-state index in [4.69, 9.17) is 18.9 Å². The Morgan fingerprint density at radius 3 is 2.30 bits per heavy atom. The first kappa shape index (κ1) is 16.6. The summed E-state index contributed by atoms with van der Waals surface area (Å²) in [5.41, 5.74) is 0. The number of carbonyl (C=O) groups excluding carboxylic acids is 2. The van der Waals surface area contributed by atoms with Gasteiger partial charge in [-0.25, -0.2) is 0 Å². The zero-order valence-corrected chi connectivity index (χ0v) is 11.8. The van der Waals surface area contributed by atoms with Crippen LogP contribution in [-0.2, 0) is 28.5 Å². The molecule has 0 radical (unpaired) electrons. The molecule has 0 unspecified atom stereocenters. The van der Waals surface area contributed by atoms with Crippen LogP contribution in [-0.4, -0.2) is 54.4 Å². The molecule has 1 N–H and O–H groups in total. The third-order valence-electron chi connectivity index (χ3n) is 2.74. The topological polar surface area (TPSA) is 91.3 Å². The third kappa shape index (κ3) is 4.29. The normalized spacial score (nSPS) is 33.3. The molecule has 7 nitrogen and oxygen atoms in total. The Morgan fingerprint density at radius 1 is 1.25 bits per heavy atom. The highest BCUT2D eigenvalue weighted by atomic mass is 16.7. The SMILES string of the molecule is C=CCO[C@@H]1O[C@@H](C)[C@H](OC(C)=O)[C@@H](O)[C@H]1OC(C)=O. The van der Waals surface area contributed by atoms with E-state index in [-0.39, 0.29) is 6.61 Å². The van der Waals surface area contributed by atoms with E-state index in [1.807, 2.05) is 0 Å². The quantitative estimate of drug-likeness (QED) is 0.569. The molecule has 1 rings (SSSR count). The zero-order chi connectivity index (χ0) is 15.3. The van der Waals surface area contributed by atoms with Gasteiger partial charge in [-0.3, -0.25) is 9.59 Å². The minimum absolute atomic E-state index is 0.167. The minimum Gasteiger partial charge on any atom is -0.457 e. The van der Waals surface area contributed by atoms with E-state index in [2.05, 4.69) is 6.58 Å². The summed E-state index contributed by atoms with van der Waals surface area (Å²) >= 11 is 0. The number of hydrogen-bond acceptors (Lipinski definition) is 7. The highest BCUT2D eigenvalue weighted by Crippen LogP contribution is 2.26. The molecule has 1 aliphatic rings. The molecule has 0 aromatic heterocycles. The van der Waals surface area contributed by atoms with Gasteiger partial charge >= 0.3 is 11.9 Å². The van der Waals surface area contributed by atoms with Crippen LogP contribution >= 0.6 is 0 Å². The molecule has 20 heavy (non-hydrogen) atoms. The summed E-state index contributed by atoms with van der Waals surface area (Å²) in [5.74, 6) is -1.16. The maximum atomic E-state index is 11.1. The molecule has 1 fully saturated rings. The Kier molecular flexibility index (Phi) is 6.12. The van der Waals surface area contributed by atoms with Crippen molar-refractivity contribution < 1.29 is 33.6 Å². The van der Waals surface area contributed by atoms with Gasteiger partial charge in [0, 0.05) is 13.8 Å².